The minimum atomic E-state index is 0.0850. The third-order valence-electron chi connectivity index (χ3n) is 2.44. The highest BCUT2D eigenvalue weighted by atomic mass is 79.9. The molecule has 1 N–H and O–H groups in total. The van der Waals surface area contributed by atoms with Crippen molar-refractivity contribution in [2.24, 2.45) is 0 Å². The molecule has 0 aliphatic carbocycles. The van der Waals surface area contributed by atoms with Gasteiger partial charge in [0, 0.05) is 5.56 Å². The van der Waals surface area contributed by atoms with E-state index < -0.39 is 0 Å². The molecule has 0 atom stereocenters. The predicted octanol–water partition coefficient (Wildman–Crippen LogP) is 3.68. The maximum atomic E-state index is 9.05. The number of rotatable bonds is 2. The lowest BCUT2D eigenvalue weighted by Gasteiger charge is -2.04. The highest BCUT2D eigenvalue weighted by molar-refractivity contribution is 9.11. The summed E-state index contributed by atoms with van der Waals surface area (Å²) >= 11 is 5.12. The molecule has 0 spiro atoms. The van der Waals surface area contributed by atoms with Crippen molar-refractivity contribution < 1.29 is 5.11 Å². The van der Waals surface area contributed by atoms with Crippen molar-refractivity contribution in [2.75, 3.05) is 0 Å². The topological polar surface area (TPSA) is 33.1 Å². The molecule has 2 nitrogen and oxygen atoms in total. The largest absolute Gasteiger partial charge is 0.392 e. The maximum Gasteiger partial charge on any atom is 0.124 e. The molecule has 0 aliphatic rings. The Balaban J connectivity index is 2.48. The predicted molar refractivity (Wildman–Crippen MR) is 70.6 cm³/mol. The van der Waals surface area contributed by atoms with Crippen LogP contribution in [0.4, 0.5) is 0 Å². The van der Waals surface area contributed by atoms with Gasteiger partial charge in [0.25, 0.3) is 0 Å². The monoisotopic (exact) mass is 297 g/mol. The second kappa shape index (κ2) is 4.65. The molecule has 0 unspecified atom stereocenters. The molecule has 1 heterocycles. The van der Waals surface area contributed by atoms with Crippen LogP contribution in [0.25, 0.3) is 10.6 Å². The summed E-state index contributed by atoms with van der Waals surface area (Å²) in [6.07, 6.45) is 0. The third kappa shape index (κ3) is 2.19. The molecule has 0 saturated carbocycles. The first-order chi connectivity index (χ1) is 7.61. The Morgan fingerprint density at radius 3 is 2.62 bits per heavy atom. The van der Waals surface area contributed by atoms with Crippen molar-refractivity contribution in [1.29, 1.82) is 0 Å². The Morgan fingerprint density at radius 2 is 2.12 bits per heavy atom. The Bertz CT molecular complexity index is 502. The van der Waals surface area contributed by atoms with Gasteiger partial charge in [-0.3, -0.25) is 0 Å². The van der Waals surface area contributed by atoms with Crippen molar-refractivity contribution in [2.45, 2.75) is 20.5 Å². The first-order valence-electron chi connectivity index (χ1n) is 4.95. The summed E-state index contributed by atoms with van der Waals surface area (Å²) in [5, 5.41) is 10.1. The summed E-state index contributed by atoms with van der Waals surface area (Å²) in [6, 6.07) is 5.96. The third-order valence-corrected chi connectivity index (χ3v) is 4.48. The van der Waals surface area contributed by atoms with Crippen molar-refractivity contribution in [1.82, 2.24) is 4.98 Å². The fourth-order valence-corrected chi connectivity index (χ4v) is 2.99. The molecule has 0 saturated heterocycles. The second-order valence-corrected chi connectivity index (χ2v) is 6.00. The molecule has 0 amide bonds. The smallest absolute Gasteiger partial charge is 0.124 e. The lowest BCUT2D eigenvalue weighted by Crippen LogP contribution is -1.87. The Morgan fingerprint density at radius 1 is 1.38 bits per heavy atom. The fraction of sp³-hybridized carbons (Fsp3) is 0.250. The molecule has 84 valence electrons. The zero-order chi connectivity index (χ0) is 11.7. The molecule has 0 radical (unpaired) electrons. The van der Waals surface area contributed by atoms with E-state index in [9.17, 15) is 0 Å². The van der Waals surface area contributed by atoms with Crippen LogP contribution in [0.5, 0.6) is 0 Å². The van der Waals surface area contributed by atoms with Gasteiger partial charge in [0.1, 0.15) is 5.01 Å². The summed E-state index contributed by atoms with van der Waals surface area (Å²) in [7, 11) is 0. The number of thiazole rings is 1. The molecular formula is C12H12BrNOS. The van der Waals surface area contributed by atoms with E-state index >= 15 is 0 Å². The van der Waals surface area contributed by atoms with Crippen LogP contribution in [-0.4, -0.2) is 10.1 Å². The van der Waals surface area contributed by atoms with Crippen LogP contribution < -0.4 is 0 Å². The van der Waals surface area contributed by atoms with Crippen LogP contribution in [0.3, 0.4) is 0 Å². The molecule has 1 aromatic carbocycles. The minimum absolute atomic E-state index is 0.0850. The molecule has 1 aromatic heterocycles. The first-order valence-corrected chi connectivity index (χ1v) is 6.56. The number of hydrogen-bond donors (Lipinski definition) is 1. The minimum Gasteiger partial charge on any atom is -0.392 e. The van der Waals surface area contributed by atoms with Gasteiger partial charge < -0.3 is 5.11 Å². The Labute approximate surface area is 107 Å². The molecule has 0 aliphatic heterocycles. The Kier molecular flexibility index (Phi) is 3.42. The zero-order valence-electron chi connectivity index (χ0n) is 9.12. The number of hydrogen-bond acceptors (Lipinski definition) is 3. The first kappa shape index (κ1) is 11.8. The van der Waals surface area contributed by atoms with Gasteiger partial charge in [-0.2, -0.15) is 0 Å². The average Bonchev–Trinajstić information content (AvgIpc) is 2.58. The fourth-order valence-electron chi connectivity index (χ4n) is 1.56. The maximum absolute atomic E-state index is 9.05. The molecule has 2 rings (SSSR count). The van der Waals surface area contributed by atoms with E-state index in [-0.39, 0.29) is 6.61 Å². The number of benzene rings is 1. The standard InChI is InChI=1S/C12H12BrNOS/c1-7-5-9(6-15)3-4-10(7)12-14-8(2)11(13)16-12/h3-5,15H,6H2,1-2H3. The van der Waals surface area contributed by atoms with Gasteiger partial charge in [0.2, 0.25) is 0 Å². The highest BCUT2D eigenvalue weighted by Crippen LogP contribution is 2.33. The van der Waals surface area contributed by atoms with Crippen molar-refractivity contribution in [3.63, 3.8) is 0 Å². The lowest BCUT2D eigenvalue weighted by atomic mass is 10.1. The number of halogens is 1. The van der Waals surface area contributed by atoms with E-state index in [1.165, 1.54) is 0 Å². The number of aryl methyl sites for hydroxylation is 2. The van der Waals surface area contributed by atoms with E-state index in [2.05, 4.69) is 20.9 Å². The lowest BCUT2D eigenvalue weighted by molar-refractivity contribution is 0.282. The summed E-state index contributed by atoms with van der Waals surface area (Å²) in [5.41, 5.74) is 4.24. The normalized spacial score (nSPS) is 10.8. The second-order valence-electron chi connectivity index (χ2n) is 3.69. The van der Waals surface area contributed by atoms with Crippen LogP contribution in [0.2, 0.25) is 0 Å². The zero-order valence-corrected chi connectivity index (χ0v) is 11.5. The molecule has 16 heavy (non-hydrogen) atoms. The van der Waals surface area contributed by atoms with Gasteiger partial charge in [-0.1, -0.05) is 18.2 Å². The van der Waals surface area contributed by atoms with Gasteiger partial charge in [0.15, 0.2) is 0 Å². The molecule has 2 aromatic rings. The van der Waals surface area contributed by atoms with Gasteiger partial charge in [-0.25, -0.2) is 4.98 Å². The number of aromatic nitrogens is 1. The number of nitrogens with zero attached hydrogens (tertiary/aromatic N) is 1. The van der Waals surface area contributed by atoms with Gasteiger partial charge >= 0.3 is 0 Å². The van der Waals surface area contributed by atoms with E-state index in [4.69, 9.17) is 5.11 Å². The SMILES string of the molecule is Cc1cc(CO)ccc1-c1nc(C)c(Br)s1. The van der Waals surface area contributed by atoms with Crippen LogP contribution in [0, 0.1) is 13.8 Å². The molecular weight excluding hydrogens is 286 g/mol. The molecule has 0 fully saturated rings. The molecule has 4 heteroatoms. The Hall–Kier alpha value is -0.710. The van der Waals surface area contributed by atoms with Crippen LogP contribution in [0.1, 0.15) is 16.8 Å². The van der Waals surface area contributed by atoms with Crippen LogP contribution in [-0.2, 0) is 6.61 Å². The average molecular weight is 298 g/mol. The summed E-state index contributed by atoms with van der Waals surface area (Å²) in [6.45, 7) is 4.11. The van der Waals surface area contributed by atoms with E-state index in [0.717, 1.165) is 31.2 Å². The van der Waals surface area contributed by atoms with E-state index in [0.29, 0.717) is 0 Å². The van der Waals surface area contributed by atoms with Gasteiger partial charge in [0.05, 0.1) is 16.1 Å². The van der Waals surface area contributed by atoms with Crippen molar-refractivity contribution in [3.8, 4) is 10.6 Å². The summed E-state index contributed by atoms with van der Waals surface area (Å²) < 4.78 is 1.08. The van der Waals surface area contributed by atoms with E-state index in [1.807, 2.05) is 32.0 Å². The quantitative estimate of drug-likeness (QED) is 0.917. The van der Waals surface area contributed by atoms with Crippen molar-refractivity contribution in [3.05, 3.63) is 38.8 Å². The van der Waals surface area contributed by atoms with Crippen LogP contribution in [0.15, 0.2) is 22.0 Å². The van der Waals surface area contributed by atoms with Crippen molar-refractivity contribution >= 4 is 27.3 Å². The van der Waals surface area contributed by atoms with Crippen LogP contribution >= 0.6 is 27.3 Å². The highest BCUT2D eigenvalue weighted by Gasteiger charge is 2.09. The van der Waals surface area contributed by atoms with Gasteiger partial charge in [-0.15, -0.1) is 11.3 Å². The molecule has 0 bridgehead atoms. The summed E-state index contributed by atoms with van der Waals surface area (Å²) in [4.78, 5) is 4.51. The number of aliphatic hydroxyl groups is 1. The summed E-state index contributed by atoms with van der Waals surface area (Å²) in [5.74, 6) is 0. The van der Waals surface area contributed by atoms with E-state index in [1.54, 1.807) is 11.3 Å². The number of aliphatic hydroxyl groups excluding tert-OH is 1. The van der Waals surface area contributed by atoms with Gasteiger partial charge in [-0.05, 0) is 40.9 Å².